The van der Waals surface area contributed by atoms with Gasteiger partial charge < -0.3 is 11.1 Å². The van der Waals surface area contributed by atoms with Gasteiger partial charge in [0.25, 0.3) is 0 Å². The minimum atomic E-state index is -0.224. The highest BCUT2D eigenvalue weighted by Gasteiger charge is 2.14. The molecule has 0 spiro atoms. The van der Waals surface area contributed by atoms with Crippen LogP contribution in [0, 0.1) is 12.7 Å². The third-order valence-electron chi connectivity index (χ3n) is 3.27. The van der Waals surface area contributed by atoms with E-state index in [1.807, 2.05) is 38.1 Å². The van der Waals surface area contributed by atoms with E-state index in [9.17, 15) is 4.39 Å². The number of aryl methyl sites for hydroxylation is 1. The summed E-state index contributed by atoms with van der Waals surface area (Å²) in [6.45, 7) is 3.88. The van der Waals surface area contributed by atoms with Gasteiger partial charge in [0.2, 0.25) is 0 Å². The lowest BCUT2D eigenvalue weighted by Crippen LogP contribution is -2.16. The topological polar surface area (TPSA) is 38.0 Å². The van der Waals surface area contributed by atoms with Crippen LogP contribution >= 0.6 is 12.2 Å². The molecule has 2 aromatic rings. The van der Waals surface area contributed by atoms with Gasteiger partial charge in [0, 0.05) is 16.8 Å². The largest absolute Gasteiger partial charge is 0.389 e. The molecule has 2 nitrogen and oxygen atoms in total. The minimum Gasteiger partial charge on any atom is -0.389 e. The van der Waals surface area contributed by atoms with Gasteiger partial charge in [-0.1, -0.05) is 42.5 Å². The molecule has 0 aliphatic heterocycles. The molecule has 0 bridgehead atoms. The number of para-hydroxylation sites is 1. The van der Waals surface area contributed by atoms with Gasteiger partial charge in [-0.25, -0.2) is 4.39 Å². The first-order valence-corrected chi connectivity index (χ1v) is 6.82. The van der Waals surface area contributed by atoms with Crippen LogP contribution in [-0.4, -0.2) is 4.99 Å². The second kappa shape index (κ2) is 6.01. The van der Waals surface area contributed by atoms with Crippen LogP contribution in [0.5, 0.6) is 0 Å². The van der Waals surface area contributed by atoms with Gasteiger partial charge in [-0.3, -0.25) is 0 Å². The SMILES string of the molecule is Cc1cccc(C(N)=S)c1NC(C)c1ccccc1F. The van der Waals surface area contributed by atoms with Crippen LogP contribution in [0.3, 0.4) is 0 Å². The summed E-state index contributed by atoms with van der Waals surface area (Å²) in [5, 5.41) is 3.31. The van der Waals surface area contributed by atoms with Crippen molar-refractivity contribution in [3.63, 3.8) is 0 Å². The lowest BCUT2D eigenvalue weighted by atomic mass is 10.0. The number of nitrogens with two attached hydrogens (primary N) is 1. The van der Waals surface area contributed by atoms with Crippen molar-refractivity contribution in [1.82, 2.24) is 0 Å². The Morgan fingerprint density at radius 2 is 1.90 bits per heavy atom. The zero-order valence-corrected chi connectivity index (χ0v) is 12.3. The van der Waals surface area contributed by atoms with Crippen molar-refractivity contribution in [2.45, 2.75) is 19.9 Å². The highest BCUT2D eigenvalue weighted by atomic mass is 32.1. The fourth-order valence-electron chi connectivity index (χ4n) is 2.19. The Hall–Kier alpha value is -1.94. The summed E-state index contributed by atoms with van der Waals surface area (Å²) in [6.07, 6.45) is 0. The number of thiocarbonyl (C=S) groups is 1. The van der Waals surface area contributed by atoms with Gasteiger partial charge in [0.15, 0.2) is 0 Å². The molecular weight excluding hydrogens is 271 g/mol. The van der Waals surface area contributed by atoms with E-state index in [1.165, 1.54) is 6.07 Å². The average molecular weight is 288 g/mol. The van der Waals surface area contributed by atoms with Crippen molar-refractivity contribution in [3.8, 4) is 0 Å². The van der Waals surface area contributed by atoms with Gasteiger partial charge >= 0.3 is 0 Å². The molecule has 2 rings (SSSR count). The molecular formula is C16H17FN2S. The van der Waals surface area contributed by atoms with Gasteiger partial charge in [-0.15, -0.1) is 0 Å². The Morgan fingerprint density at radius 1 is 1.20 bits per heavy atom. The number of benzene rings is 2. The van der Waals surface area contributed by atoms with Gasteiger partial charge in [0.05, 0.1) is 6.04 Å². The number of hydrogen-bond acceptors (Lipinski definition) is 2. The fraction of sp³-hybridized carbons (Fsp3) is 0.188. The quantitative estimate of drug-likeness (QED) is 0.837. The number of nitrogens with one attached hydrogen (secondary N) is 1. The standard InChI is InChI=1S/C16H17FN2S/c1-10-6-5-8-13(16(18)20)15(10)19-11(2)12-7-3-4-9-14(12)17/h3-9,11,19H,1-2H3,(H2,18,20). The molecule has 0 aliphatic carbocycles. The van der Waals surface area contributed by atoms with Gasteiger partial charge in [-0.2, -0.15) is 0 Å². The molecule has 0 amide bonds. The molecule has 0 saturated carbocycles. The minimum absolute atomic E-state index is 0.176. The molecule has 4 heteroatoms. The van der Waals surface area contributed by atoms with E-state index in [4.69, 9.17) is 18.0 Å². The summed E-state index contributed by atoms with van der Waals surface area (Å²) in [4.78, 5) is 0.330. The highest BCUT2D eigenvalue weighted by Crippen LogP contribution is 2.27. The zero-order valence-electron chi connectivity index (χ0n) is 11.5. The maximum absolute atomic E-state index is 13.8. The highest BCUT2D eigenvalue weighted by molar-refractivity contribution is 7.80. The fourth-order valence-corrected chi connectivity index (χ4v) is 2.36. The van der Waals surface area contributed by atoms with Gasteiger partial charge in [-0.05, 0) is 31.5 Å². The van der Waals surface area contributed by atoms with Crippen molar-refractivity contribution >= 4 is 22.9 Å². The van der Waals surface area contributed by atoms with E-state index < -0.39 is 0 Å². The van der Waals surface area contributed by atoms with Crippen molar-refractivity contribution < 1.29 is 4.39 Å². The molecule has 1 atom stereocenters. The molecule has 3 N–H and O–H groups in total. The van der Waals surface area contributed by atoms with Crippen LogP contribution < -0.4 is 11.1 Å². The molecule has 2 aromatic carbocycles. The zero-order chi connectivity index (χ0) is 14.7. The second-order valence-electron chi connectivity index (χ2n) is 4.75. The van der Waals surface area contributed by atoms with Crippen LogP contribution in [0.15, 0.2) is 42.5 Å². The van der Waals surface area contributed by atoms with E-state index >= 15 is 0 Å². The molecule has 0 heterocycles. The van der Waals surface area contributed by atoms with Crippen molar-refractivity contribution in [2.75, 3.05) is 5.32 Å². The van der Waals surface area contributed by atoms with Crippen LogP contribution in [-0.2, 0) is 0 Å². The third-order valence-corrected chi connectivity index (χ3v) is 3.49. The first kappa shape index (κ1) is 14.5. The molecule has 0 saturated heterocycles. The van der Waals surface area contributed by atoms with Gasteiger partial charge in [0.1, 0.15) is 10.8 Å². The van der Waals surface area contributed by atoms with Crippen LogP contribution in [0.4, 0.5) is 10.1 Å². The Morgan fingerprint density at radius 3 is 2.55 bits per heavy atom. The maximum atomic E-state index is 13.8. The van der Waals surface area contributed by atoms with Crippen LogP contribution in [0.1, 0.15) is 29.7 Å². The molecule has 0 aromatic heterocycles. The smallest absolute Gasteiger partial charge is 0.128 e. The van der Waals surface area contributed by atoms with Crippen molar-refractivity contribution in [2.24, 2.45) is 5.73 Å². The maximum Gasteiger partial charge on any atom is 0.128 e. The third kappa shape index (κ3) is 2.96. The number of anilines is 1. The number of halogens is 1. The number of rotatable bonds is 4. The molecule has 1 unspecified atom stereocenters. The Balaban J connectivity index is 2.35. The normalized spacial score (nSPS) is 11.9. The van der Waals surface area contributed by atoms with E-state index in [2.05, 4.69) is 5.32 Å². The Labute approximate surface area is 123 Å². The summed E-state index contributed by atoms with van der Waals surface area (Å²) in [5.41, 5.74) is 9.02. The van der Waals surface area contributed by atoms with Crippen LogP contribution in [0.2, 0.25) is 0 Å². The molecule has 104 valence electrons. The summed E-state index contributed by atoms with van der Waals surface area (Å²) < 4.78 is 13.8. The molecule has 0 fully saturated rings. The average Bonchev–Trinajstić information content (AvgIpc) is 2.41. The molecule has 0 aliphatic rings. The van der Waals surface area contributed by atoms with Crippen LogP contribution in [0.25, 0.3) is 0 Å². The monoisotopic (exact) mass is 288 g/mol. The number of hydrogen-bond donors (Lipinski definition) is 2. The molecule has 20 heavy (non-hydrogen) atoms. The van der Waals surface area contributed by atoms with E-state index in [1.54, 1.807) is 12.1 Å². The van der Waals surface area contributed by atoms with Crippen molar-refractivity contribution in [1.29, 1.82) is 0 Å². The summed E-state index contributed by atoms with van der Waals surface area (Å²) in [7, 11) is 0. The van der Waals surface area contributed by atoms with E-state index in [-0.39, 0.29) is 11.9 Å². The van der Waals surface area contributed by atoms with Crippen molar-refractivity contribution in [3.05, 3.63) is 65.0 Å². The summed E-state index contributed by atoms with van der Waals surface area (Å²) in [6, 6.07) is 12.3. The first-order chi connectivity index (χ1) is 9.50. The lowest BCUT2D eigenvalue weighted by molar-refractivity contribution is 0.600. The second-order valence-corrected chi connectivity index (χ2v) is 5.19. The predicted octanol–water partition coefficient (Wildman–Crippen LogP) is 3.94. The lowest BCUT2D eigenvalue weighted by Gasteiger charge is -2.20. The predicted molar refractivity (Wildman–Crippen MR) is 85.5 cm³/mol. The molecule has 0 radical (unpaired) electrons. The Bertz CT molecular complexity index is 640. The Kier molecular flexibility index (Phi) is 4.35. The van der Waals surface area contributed by atoms with E-state index in [0.29, 0.717) is 10.6 Å². The first-order valence-electron chi connectivity index (χ1n) is 6.41. The summed E-state index contributed by atoms with van der Waals surface area (Å²) in [5.74, 6) is -0.224. The summed E-state index contributed by atoms with van der Waals surface area (Å²) >= 11 is 5.07. The van der Waals surface area contributed by atoms with E-state index in [0.717, 1.165) is 16.8 Å².